The average molecular weight is 417 g/mol. The Morgan fingerprint density at radius 1 is 1.13 bits per heavy atom. The minimum absolute atomic E-state index is 0.00481. The van der Waals surface area contributed by atoms with Crippen LogP contribution in [0.2, 0.25) is 0 Å². The molecule has 0 unspecified atom stereocenters. The number of nitrogens with zero attached hydrogens (tertiary/aromatic N) is 3. The predicted molar refractivity (Wildman–Crippen MR) is 101 cm³/mol. The van der Waals surface area contributed by atoms with Gasteiger partial charge in [-0.25, -0.2) is 4.98 Å². The Morgan fingerprint density at radius 3 is 2.57 bits per heavy atom. The quantitative estimate of drug-likeness (QED) is 0.368. The summed E-state index contributed by atoms with van der Waals surface area (Å²) in [6.07, 6.45) is 7.36. The summed E-state index contributed by atoms with van der Waals surface area (Å²) in [5.41, 5.74) is 3.48. The number of carbonyl (C=O) groups is 1. The lowest BCUT2D eigenvalue weighted by Crippen LogP contribution is -2.03. The zero-order valence-corrected chi connectivity index (χ0v) is 15.1. The van der Waals surface area contributed by atoms with Crippen molar-refractivity contribution in [3.05, 3.63) is 70.2 Å². The van der Waals surface area contributed by atoms with Crippen molar-refractivity contribution in [1.29, 1.82) is 0 Å². The molecule has 3 aromatic rings. The second-order valence-corrected chi connectivity index (χ2v) is 6.71. The van der Waals surface area contributed by atoms with Gasteiger partial charge in [0, 0.05) is 53.5 Å². The van der Waals surface area contributed by atoms with Crippen molar-refractivity contribution >= 4 is 34.0 Å². The van der Waals surface area contributed by atoms with E-state index in [0.29, 0.717) is 5.56 Å². The first-order chi connectivity index (χ1) is 11.0. The average Bonchev–Trinajstić information content (AvgIpc) is 2.95. The summed E-state index contributed by atoms with van der Waals surface area (Å²) in [5, 5.41) is 0. The molecule has 0 spiro atoms. The number of imidazole rings is 1. The van der Waals surface area contributed by atoms with Crippen LogP contribution in [0.4, 0.5) is 0 Å². The number of allylic oxidation sites excluding steroid dienone is 1. The minimum atomic E-state index is -0.00481. The number of hydrogen-bond donors (Lipinski definition) is 0. The highest BCUT2D eigenvalue weighted by atomic mass is 127. The van der Waals surface area contributed by atoms with Crippen molar-refractivity contribution in [1.82, 2.24) is 14.3 Å². The van der Waals surface area contributed by atoms with Gasteiger partial charge in [-0.1, -0.05) is 24.3 Å². The maximum Gasteiger partial charge on any atom is 0.187 e. The van der Waals surface area contributed by atoms with E-state index in [9.17, 15) is 4.79 Å². The van der Waals surface area contributed by atoms with Crippen molar-refractivity contribution in [2.45, 2.75) is 0 Å². The van der Waals surface area contributed by atoms with E-state index in [0.717, 1.165) is 20.5 Å². The Hall–Kier alpha value is -2.15. The summed E-state index contributed by atoms with van der Waals surface area (Å²) in [6, 6.07) is 11.6. The Kier molecular flexibility index (Phi) is 4.47. The van der Waals surface area contributed by atoms with E-state index in [2.05, 4.69) is 27.6 Å². The number of pyridine rings is 1. The van der Waals surface area contributed by atoms with Gasteiger partial charge in [0.05, 0.1) is 5.69 Å². The fourth-order valence-electron chi connectivity index (χ4n) is 2.22. The zero-order valence-electron chi connectivity index (χ0n) is 12.9. The third-order valence-corrected chi connectivity index (χ3v) is 4.04. The molecule has 3 rings (SSSR count). The van der Waals surface area contributed by atoms with Crippen molar-refractivity contribution in [2.24, 2.45) is 0 Å². The van der Waals surface area contributed by atoms with E-state index in [4.69, 9.17) is 0 Å². The van der Waals surface area contributed by atoms with E-state index in [1.165, 1.54) is 0 Å². The van der Waals surface area contributed by atoms with E-state index < -0.39 is 0 Å². The van der Waals surface area contributed by atoms with Crippen molar-refractivity contribution in [3.63, 3.8) is 0 Å². The molecule has 2 aromatic heterocycles. The van der Waals surface area contributed by atoms with Crippen LogP contribution in [0.15, 0.2) is 61.1 Å². The normalized spacial score (nSPS) is 11.3. The Bertz CT molecular complexity index is 879. The molecule has 2 heterocycles. The van der Waals surface area contributed by atoms with Crippen LogP contribution in [0.5, 0.6) is 0 Å². The maximum absolute atomic E-state index is 12.0. The third kappa shape index (κ3) is 3.61. The molecule has 5 heteroatoms. The topological polar surface area (TPSA) is 37.6 Å². The van der Waals surface area contributed by atoms with Gasteiger partial charge in [-0.2, -0.15) is 0 Å². The summed E-state index contributed by atoms with van der Waals surface area (Å²) >= 11 is 2.28. The first-order valence-electron chi connectivity index (χ1n) is 7.16. The largest absolute Gasteiger partial charge is 0.383 e. The Labute approximate surface area is 148 Å². The van der Waals surface area contributed by atoms with Crippen LogP contribution in [-0.4, -0.2) is 34.2 Å². The monoisotopic (exact) mass is 417 g/mol. The van der Waals surface area contributed by atoms with Crippen LogP contribution >= 0.6 is 22.6 Å². The molecule has 0 saturated carbocycles. The lowest BCUT2D eigenvalue weighted by molar-refractivity contribution is 0.104. The molecular weight excluding hydrogens is 401 g/mol. The van der Waals surface area contributed by atoms with Gasteiger partial charge >= 0.3 is 0 Å². The number of carbonyl (C=O) groups excluding carboxylic acids is 1. The molecule has 0 aliphatic heterocycles. The summed E-state index contributed by atoms with van der Waals surface area (Å²) in [7, 11) is 3.77. The molecule has 1 aromatic carbocycles. The van der Waals surface area contributed by atoms with Gasteiger partial charge in [-0.05, 0) is 34.7 Å². The fourth-order valence-corrected chi connectivity index (χ4v) is 2.70. The van der Waals surface area contributed by atoms with E-state index >= 15 is 0 Å². The number of benzene rings is 1. The Morgan fingerprint density at radius 2 is 1.87 bits per heavy atom. The number of fused-ring (bicyclic) bond motifs is 1. The minimum Gasteiger partial charge on any atom is -0.383 e. The number of aromatic nitrogens is 2. The number of rotatable bonds is 4. The molecule has 0 bridgehead atoms. The molecule has 23 heavy (non-hydrogen) atoms. The van der Waals surface area contributed by atoms with Crippen molar-refractivity contribution < 1.29 is 4.79 Å². The standard InChI is InChI=1S/C18H16IN3O/c1-21(2)10-9-17(23)14-5-3-13(4-6-14)16-12-22-11-15(19)7-8-18(22)20-16/h3-12H,1-2H3. The van der Waals surface area contributed by atoms with Crippen LogP contribution in [0.3, 0.4) is 0 Å². The van der Waals surface area contributed by atoms with Crippen LogP contribution in [0, 0.1) is 3.57 Å². The fraction of sp³-hybridized carbons (Fsp3) is 0.111. The van der Waals surface area contributed by atoms with Crippen LogP contribution in [-0.2, 0) is 0 Å². The lowest BCUT2D eigenvalue weighted by atomic mass is 10.1. The van der Waals surface area contributed by atoms with Gasteiger partial charge in [0.15, 0.2) is 5.78 Å². The molecule has 0 saturated heterocycles. The molecule has 0 fully saturated rings. The summed E-state index contributed by atoms with van der Waals surface area (Å²) in [4.78, 5) is 18.5. The highest BCUT2D eigenvalue weighted by Gasteiger charge is 2.07. The molecule has 0 aliphatic rings. The third-order valence-electron chi connectivity index (χ3n) is 3.40. The van der Waals surface area contributed by atoms with Crippen LogP contribution in [0.25, 0.3) is 16.9 Å². The van der Waals surface area contributed by atoms with Gasteiger partial charge in [0.1, 0.15) is 5.65 Å². The van der Waals surface area contributed by atoms with Crippen molar-refractivity contribution in [3.8, 4) is 11.3 Å². The SMILES string of the molecule is CN(C)C=CC(=O)c1ccc(-c2cn3cc(I)ccc3n2)cc1. The second-order valence-electron chi connectivity index (χ2n) is 5.46. The summed E-state index contributed by atoms with van der Waals surface area (Å²) in [6.45, 7) is 0. The van der Waals surface area contributed by atoms with Gasteiger partial charge in [-0.15, -0.1) is 0 Å². The van der Waals surface area contributed by atoms with Gasteiger partial charge in [-0.3, -0.25) is 4.79 Å². The summed E-state index contributed by atoms with van der Waals surface area (Å²) < 4.78 is 3.17. The molecule has 0 amide bonds. The van der Waals surface area contributed by atoms with Gasteiger partial charge in [0.25, 0.3) is 0 Å². The highest BCUT2D eigenvalue weighted by molar-refractivity contribution is 14.1. The second kappa shape index (κ2) is 6.54. The molecular formula is C18H16IN3O. The van der Waals surface area contributed by atoms with E-state index in [1.54, 1.807) is 12.3 Å². The number of hydrogen-bond acceptors (Lipinski definition) is 3. The molecule has 116 valence electrons. The van der Waals surface area contributed by atoms with Gasteiger partial charge < -0.3 is 9.30 Å². The maximum atomic E-state index is 12.0. The highest BCUT2D eigenvalue weighted by Crippen LogP contribution is 2.20. The smallest absolute Gasteiger partial charge is 0.187 e. The van der Waals surface area contributed by atoms with E-state index in [-0.39, 0.29) is 5.78 Å². The summed E-state index contributed by atoms with van der Waals surface area (Å²) in [5.74, 6) is -0.00481. The molecule has 0 N–H and O–H groups in total. The molecule has 0 atom stereocenters. The van der Waals surface area contributed by atoms with E-state index in [1.807, 2.05) is 72.2 Å². The lowest BCUT2D eigenvalue weighted by Gasteiger charge is -2.03. The van der Waals surface area contributed by atoms with Crippen LogP contribution < -0.4 is 0 Å². The number of ketones is 1. The Balaban J connectivity index is 1.87. The number of halogens is 1. The molecule has 0 aliphatic carbocycles. The van der Waals surface area contributed by atoms with Crippen molar-refractivity contribution in [2.75, 3.05) is 14.1 Å². The van der Waals surface area contributed by atoms with Crippen LogP contribution in [0.1, 0.15) is 10.4 Å². The molecule has 4 nitrogen and oxygen atoms in total. The predicted octanol–water partition coefficient (Wildman–Crippen LogP) is 3.86. The van der Waals surface area contributed by atoms with Gasteiger partial charge in [0.2, 0.25) is 0 Å². The molecule has 0 radical (unpaired) electrons. The zero-order chi connectivity index (χ0) is 16.4. The first kappa shape index (κ1) is 15.7. The first-order valence-corrected chi connectivity index (χ1v) is 8.24.